The summed E-state index contributed by atoms with van der Waals surface area (Å²) in [5, 5.41) is 3.30. The van der Waals surface area contributed by atoms with Crippen LogP contribution in [0.3, 0.4) is 0 Å². The van der Waals surface area contributed by atoms with Crippen molar-refractivity contribution >= 4 is 39.1 Å². The molecule has 184 valence electrons. The van der Waals surface area contributed by atoms with E-state index in [4.69, 9.17) is 11.6 Å². The SMILES string of the molecule is CC(C(=O)NC1CCCCC1)N(Cc1ccccc1)C(=O)CN(c1ccccc1Cl)S(C)(=O)=O. The predicted octanol–water partition coefficient (Wildman–Crippen LogP) is 3.97. The first-order chi connectivity index (χ1) is 16.2. The fraction of sp³-hybridized carbons (Fsp3) is 0.440. The maximum Gasteiger partial charge on any atom is 0.244 e. The molecule has 2 amide bonds. The van der Waals surface area contributed by atoms with E-state index in [1.807, 2.05) is 30.3 Å². The Morgan fingerprint density at radius 3 is 2.26 bits per heavy atom. The molecule has 0 saturated heterocycles. The molecule has 0 aromatic heterocycles. The van der Waals surface area contributed by atoms with Crippen LogP contribution in [0.4, 0.5) is 5.69 Å². The van der Waals surface area contributed by atoms with Gasteiger partial charge in [0.2, 0.25) is 21.8 Å². The number of hydrogen-bond donors (Lipinski definition) is 1. The summed E-state index contributed by atoms with van der Waals surface area (Å²) in [5.41, 5.74) is 1.07. The molecule has 9 heteroatoms. The molecule has 2 aromatic carbocycles. The van der Waals surface area contributed by atoms with Crippen molar-refractivity contribution < 1.29 is 18.0 Å². The molecule has 34 heavy (non-hydrogen) atoms. The van der Waals surface area contributed by atoms with E-state index in [2.05, 4.69) is 5.32 Å². The summed E-state index contributed by atoms with van der Waals surface area (Å²) in [6.07, 6.45) is 6.22. The van der Waals surface area contributed by atoms with E-state index >= 15 is 0 Å². The summed E-state index contributed by atoms with van der Waals surface area (Å²) >= 11 is 6.24. The van der Waals surface area contributed by atoms with Gasteiger partial charge in [-0.3, -0.25) is 13.9 Å². The van der Waals surface area contributed by atoms with Gasteiger partial charge in [-0.1, -0.05) is 73.3 Å². The monoisotopic (exact) mass is 505 g/mol. The van der Waals surface area contributed by atoms with Gasteiger partial charge in [0.1, 0.15) is 12.6 Å². The highest BCUT2D eigenvalue weighted by Crippen LogP contribution is 2.27. The summed E-state index contributed by atoms with van der Waals surface area (Å²) in [7, 11) is -3.81. The summed E-state index contributed by atoms with van der Waals surface area (Å²) in [6.45, 7) is 1.40. The maximum atomic E-state index is 13.5. The Hall–Kier alpha value is -2.58. The first-order valence-corrected chi connectivity index (χ1v) is 13.8. The number of anilines is 1. The highest BCUT2D eigenvalue weighted by atomic mass is 35.5. The number of hydrogen-bond acceptors (Lipinski definition) is 4. The first kappa shape index (κ1) is 26.0. The fourth-order valence-electron chi connectivity index (χ4n) is 4.18. The number of sulfonamides is 1. The molecular formula is C25H32ClN3O4S. The Balaban J connectivity index is 1.85. The minimum absolute atomic E-state index is 0.105. The van der Waals surface area contributed by atoms with Gasteiger partial charge in [0.05, 0.1) is 17.0 Å². The van der Waals surface area contributed by atoms with E-state index in [1.54, 1.807) is 31.2 Å². The van der Waals surface area contributed by atoms with E-state index in [0.717, 1.165) is 41.8 Å². The molecule has 1 aliphatic carbocycles. The maximum absolute atomic E-state index is 13.5. The number of carbonyl (C=O) groups excluding carboxylic acids is 2. The van der Waals surface area contributed by atoms with Gasteiger partial charge in [0, 0.05) is 12.6 Å². The summed E-state index contributed by atoms with van der Waals surface area (Å²) in [5.74, 6) is -0.722. The predicted molar refractivity (Wildman–Crippen MR) is 135 cm³/mol. The number of halogens is 1. The van der Waals surface area contributed by atoms with Gasteiger partial charge in [-0.25, -0.2) is 8.42 Å². The van der Waals surface area contributed by atoms with Crippen LogP contribution < -0.4 is 9.62 Å². The minimum Gasteiger partial charge on any atom is -0.352 e. The number of rotatable bonds is 9. The largest absolute Gasteiger partial charge is 0.352 e. The standard InChI is InChI=1S/C25H32ClN3O4S/c1-19(25(31)27-21-13-7-4-8-14-21)28(17-20-11-5-3-6-12-20)24(30)18-29(34(2,32)33)23-16-10-9-15-22(23)26/h3,5-6,9-12,15-16,19,21H,4,7-8,13-14,17-18H2,1-2H3,(H,27,31). The van der Waals surface area contributed by atoms with E-state index in [1.165, 1.54) is 11.3 Å². The van der Waals surface area contributed by atoms with Gasteiger partial charge >= 0.3 is 0 Å². The lowest BCUT2D eigenvalue weighted by atomic mass is 9.95. The Morgan fingerprint density at radius 2 is 1.65 bits per heavy atom. The van der Waals surface area contributed by atoms with Gasteiger partial charge in [-0.05, 0) is 37.5 Å². The number of para-hydroxylation sites is 1. The van der Waals surface area contributed by atoms with Gasteiger partial charge in [-0.15, -0.1) is 0 Å². The highest BCUT2D eigenvalue weighted by molar-refractivity contribution is 7.92. The Morgan fingerprint density at radius 1 is 1.03 bits per heavy atom. The Bertz CT molecular complexity index is 1090. The second kappa shape index (κ2) is 11.7. The zero-order valence-corrected chi connectivity index (χ0v) is 21.2. The molecule has 1 saturated carbocycles. The number of amides is 2. The van der Waals surface area contributed by atoms with Crippen LogP contribution in [0.1, 0.15) is 44.6 Å². The number of benzene rings is 2. The van der Waals surface area contributed by atoms with E-state index in [0.29, 0.717) is 0 Å². The van der Waals surface area contributed by atoms with Crippen LogP contribution in [-0.4, -0.2) is 50.0 Å². The fourth-order valence-corrected chi connectivity index (χ4v) is 5.33. The van der Waals surface area contributed by atoms with Crippen LogP contribution in [-0.2, 0) is 26.2 Å². The quantitative estimate of drug-likeness (QED) is 0.558. The molecule has 0 heterocycles. The van der Waals surface area contributed by atoms with E-state index in [9.17, 15) is 18.0 Å². The summed E-state index contributed by atoms with van der Waals surface area (Å²) in [4.78, 5) is 28.1. The van der Waals surface area contributed by atoms with Crippen molar-refractivity contribution in [3.05, 3.63) is 65.2 Å². The number of carbonyl (C=O) groups is 2. The smallest absolute Gasteiger partial charge is 0.244 e. The molecule has 1 N–H and O–H groups in total. The minimum atomic E-state index is -3.81. The van der Waals surface area contributed by atoms with Gasteiger partial charge in [0.15, 0.2) is 0 Å². The Labute approximate surface area is 207 Å². The van der Waals surface area contributed by atoms with Gasteiger partial charge in [-0.2, -0.15) is 0 Å². The third kappa shape index (κ3) is 6.96. The number of nitrogens with one attached hydrogen (secondary N) is 1. The van der Waals surface area contributed by atoms with Crippen molar-refractivity contribution in [1.82, 2.24) is 10.2 Å². The molecule has 1 atom stereocenters. The van der Waals surface area contributed by atoms with Gasteiger partial charge in [0.25, 0.3) is 0 Å². The normalized spacial score (nSPS) is 15.4. The van der Waals surface area contributed by atoms with Crippen LogP contribution in [0.5, 0.6) is 0 Å². The van der Waals surface area contributed by atoms with Crippen molar-refractivity contribution in [2.24, 2.45) is 0 Å². The third-order valence-corrected chi connectivity index (χ3v) is 7.56. The molecule has 1 fully saturated rings. The molecule has 0 bridgehead atoms. The van der Waals surface area contributed by atoms with Crippen molar-refractivity contribution in [1.29, 1.82) is 0 Å². The highest BCUT2D eigenvalue weighted by Gasteiger charge is 2.31. The second-order valence-electron chi connectivity index (χ2n) is 8.75. The van der Waals surface area contributed by atoms with Crippen LogP contribution in [0.15, 0.2) is 54.6 Å². The number of nitrogens with zero attached hydrogens (tertiary/aromatic N) is 2. The second-order valence-corrected chi connectivity index (χ2v) is 11.1. The van der Waals surface area contributed by atoms with Crippen LogP contribution in [0.25, 0.3) is 0 Å². The zero-order chi connectivity index (χ0) is 24.7. The Kier molecular flexibility index (Phi) is 8.97. The van der Waals surface area contributed by atoms with E-state index < -0.39 is 28.5 Å². The lowest BCUT2D eigenvalue weighted by molar-refractivity contribution is -0.139. The molecular weight excluding hydrogens is 474 g/mol. The van der Waals surface area contributed by atoms with Crippen molar-refractivity contribution in [2.45, 2.75) is 57.7 Å². The molecule has 1 unspecified atom stereocenters. The van der Waals surface area contributed by atoms with Crippen molar-refractivity contribution in [3.8, 4) is 0 Å². The van der Waals surface area contributed by atoms with Crippen molar-refractivity contribution in [3.63, 3.8) is 0 Å². The first-order valence-electron chi connectivity index (χ1n) is 11.5. The molecule has 0 aliphatic heterocycles. The molecule has 1 aliphatic rings. The summed E-state index contributed by atoms with van der Waals surface area (Å²) < 4.78 is 26.2. The zero-order valence-electron chi connectivity index (χ0n) is 19.6. The average Bonchev–Trinajstić information content (AvgIpc) is 2.81. The van der Waals surface area contributed by atoms with Crippen molar-refractivity contribution in [2.75, 3.05) is 17.1 Å². The molecule has 0 spiro atoms. The van der Waals surface area contributed by atoms with Crippen LogP contribution in [0, 0.1) is 0 Å². The average molecular weight is 506 g/mol. The topological polar surface area (TPSA) is 86.8 Å². The van der Waals surface area contributed by atoms with Crippen LogP contribution in [0.2, 0.25) is 5.02 Å². The molecule has 3 rings (SSSR count). The lowest BCUT2D eigenvalue weighted by Crippen LogP contribution is -2.53. The lowest BCUT2D eigenvalue weighted by Gasteiger charge is -2.33. The third-order valence-electron chi connectivity index (χ3n) is 6.11. The molecule has 2 aromatic rings. The molecule has 0 radical (unpaired) electrons. The summed E-state index contributed by atoms with van der Waals surface area (Å²) in [6, 6.07) is 15.1. The van der Waals surface area contributed by atoms with E-state index in [-0.39, 0.29) is 29.2 Å². The van der Waals surface area contributed by atoms with Crippen LogP contribution >= 0.6 is 11.6 Å². The van der Waals surface area contributed by atoms with Gasteiger partial charge < -0.3 is 10.2 Å². The molecule has 7 nitrogen and oxygen atoms in total.